The number of allylic oxidation sites excluding steroid dienone is 1. The summed E-state index contributed by atoms with van der Waals surface area (Å²) in [5.41, 5.74) is 6.92. The predicted octanol–water partition coefficient (Wildman–Crippen LogP) is 4.32. The molecule has 0 spiro atoms. The van der Waals surface area contributed by atoms with Crippen LogP contribution in [0.1, 0.15) is 68.9 Å². The Kier molecular flexibility index (Phi) is 7.11. The number of phenols is 1. The van der Waals surface area contributed by atoms with Crippen molar-refractivity contribution in [2.45, 2.75) is 77.6 Å². The number of rotatable bonds is 6. The molecule has 0 bridgehead atoms. The predicted molar refractivity (Wildman–Crippen MR) is 146 cm³/mol. The molecule has 4 N–H and O–H groups in total. The topological polar surface area (TPSA) is 145 Å². The van der Waals surface area contributed by atoms with E-state index < -0.39 is 23.7 Å². The van der Waals surface area contributed by atoms with E-state index in [2.05, 4.69) is 4.98 Å². The number of nitrogens with two attached hydrogens (primary N) is 1. The molecule has 2 aromatic heterocycles. The highest BCUT2D eigenvalue weighted by atomic mass is 16.6. The fourth-order valence-electron chi connectivity index (χ4n) is 5.78. The Morgan fingerprint density at radius 2 is 2.03 bits per heavy atom. The van der Waals surface area contributed by atoms with Crippen molar-refractivity contribution in [1.82, 2.24) is 4.98 Å². The third-order valence-electron chi connectivity index (χ3n) is 7.85. The van der Waals surface area contributed by atoms with Crippen LogP contribution in [-0.4, -0.2) is 32.9 Å². The molecule has 206 valence electrons. The molecule has 9 nitrogen and oxygen atoms in total. The van der Waals surface area contributed by atoms with E-state index in [4.69, 9.17) is 19.6 Å². The van der Waals surface area contributed by atoms with E-state index in [0.717, 1.165) is 37.3 Å². The highest BCUT2D eigenvalue weighted by Crippen LogP contribution is 2.47. The Morgan fingerprint density at radius 1 is 1.28 bits per heavy atom. The number of fused-ring (bicyclic) bond motifs is 2. The Balaban J connectivity index is 1.61. The van der Waals surface area contributed by atoms with Crippen LogP contribution in [0.5, 0.6) is 11.5 Å². The van der Waals surface area contributed by atoms with Crippen LogP contribution < -0.4 is 15.9 Å². The Bertz CT molecular complexity index is 1520. The van der Waals surface area contributed by atoms with E-state index in [-0.39, 0.29) is 47.2 Å². The number of nitrogens with zero attached hydrogens (tertiary/aromatic N) is 1. The van der Waals surface area contributed by atoms with Gasteiger partial charge in [-0.15, -0.1) is 0 Å². The number of hydrogen-bond acceptors (Lipinski definition) is 9. The Hall–Kier alpha value is -3.85. The van der Waals surface area contributed by atoms with Crippen LogP contribution in [0.4, 0.5) is 5.82 Å². The van der Waals surface area contributed by atoms with E-state index in [1.54, 1.807) is 18.3 Å². The molecule has 3 heterocycles. The van der Waals surface area contributed by atoms with Gasteiger partial charge in [-0.25, -0.2) is 9.78 Å². The molecular weight excluding hydrogens is 500 g/mol. The first-order valence-electron chi connectivity index (χ1n) is 13.3. The molecule has 1 fully saturated rings. The number of pyridine rings is 1. The van der Waals surface area contributed by atoms with E-state index in [1.807, 2.05) is 26.8 Å². The number of nitrogen functional groups attached to an aromatic ring is 1. The first-order valence-corrected chi connectivity index (χ1v) is 13.3. The molecule has 1 atom stereocenters. The van der Waals surface area contributed by atoms with Crippen molar-refractivity contribution in [2.24, 2.45) is 5.92 Å². The van der Waals surface area contributed by atoms with Crippen molar-refractivity contribution in [1.29, 1.82) is 0 Å². The number of aliphatic hydroxyl groups is 1. The van der Waals surface area contributed by atoms with Gasteiger partial charge in [0.15, 0.2) is 5.43 Å². The zero-order chi connectivity index (χ0) is 27.9. The van der Waals surface area contributed by atoms with Gasteiger partial charge in [-0.2, -0.15) is 0 Å². The number of aromatic nitrogens is 1. The summed E-state index contributed by atoms with van der Waals surface area (Å²) in [5.74, 6) is 0.272. The van der Waals surface area contributed by atoms with E-state index in [0.29, 0.717) is 28.3 Å². The monoisotopic (exact) mass is 534 g/mol. The minimum Gasteiger partial charge on any atom is -0.507 e. The van der Waals surface area contributed by atoms with Crippen LogP contribution in [0, 0.1) is 5.92 Å². The van der Waals surface area contributed by atoms with Crippen LogP contribution in [0.15, 0.2) is 45.3 Å². The Labute approximate surface area is 226 Å². The molecular formula is C30H34N2O7. The molecule has 1 aliphatic heterocycles. The molecule has 1 aromatic carbocycles. The molecule has 0 saturated heterocycles. The summed E-state index contributed by atoms with van der Waals surface area (Å²) in [6, 6.07) is 4.66. The normalized spacial score (nSPS) is 19.1. The fourth-order valence-corrected chi connectivity index (χ4v) is 5.78. The summed E-state index contributed by atoms with van der Waals surface area (Å²) < 4.78 is 18.4. The minimum absolute atomic E-state index is 0.0172. The first-order chi connectivity index (χ1) is 18.6. The van der Waals surface area contributed by atoms with Gasteiger partial charge in [0.25, 0.3) is 0 Å². The molecule has 1 aliphatic carbocycles. The summed E-state index contributed by atoms with van der Waals surface area (Å²) in [6.07, 6.45) is 7.20. The number of carbonyl (C=O) groups excluding carboxylic acids is 1. The van der Waals surface area contributed by atoms with E-state index in [9.17, 15) is 19.8 Å². The van der Waals surface area contributed by atoms with Crippen molar-refractivity contribution in [3.05, 3.63) is 68.7 Å². The van der Waals surface area contributed by atoms with Crippen LogP contribution in [-0.2, 0) is 29.0 Å². The summed E-state index contributed by atoms with van der Waals surface area (Å²) in [5, 5.41) is 21.0. The highest BCUT2D eigenvalue weighted by molar-refractivity contribution is 5.91. The molecule has 5 rings (SSSR count). The van der Waals surface area contributed by atoms with Crippen molar-refractivity contribution >= 4 is 22.8 Å². The summed E-state index contributed by atoms with van der Waals surface area (Å²) in [4.78, 5) is 30.4. The molecule has 0 unspecified atom stereocenters. The minimum atomic E-state index is -0.960. The second-order valence-corrected chi connectivity index (χ2v) is 10.9. The molecule has 39 heavy (non-hydrogen) atoms. The van der Waals surface area contributed by atoms with Crippen LogP contribution in [0.3, 0.4) is 0 Å². The second-order valence-electron chi connectivity index (χ2n) is 10.9. The third-order valence-corrected chi connectivity index (χ3v) is 7.85. The number of aliphatic hydroxyl groups excluding tert-OH is 1. The van der Waals surface area contributed by atoms with Crippen molar-refractivity contribution in [3.8, 4) is 11.5 Å². The number of benzene rings is 1. The average Bonchev–Trinajstić information content (AvgIpc) is 3.41. The van der Waals surface area contributed by atoms with Gasteiger partial charge in [0.1, 0.15) is 52.4 Å². The van der Waals surface area contributed by atoms with E-state index >= 15 is 0 Å². The van der Waals surface area contributed by atoms with Gasteiger partial charge in [-0.1, -0.05) is 18.9 Å². The van der Waals surface area contributed by atoms with Gasteiger partial charge in [0.05, 0.1) is 0 Å². The molecule has 0 amide bonds. The number of hydrogen-bond donors (Lipinski definition) is 3. The van der Waals surface area contributed by atoms with Gasteiger partial charge >= 0.3 is 5.97 Å². The largest absolute Gasteiger partial charge is 0.507 e. The SMILES string of the molecule is C/C=C(\C(=O)O[C@@H]1Cc2c(c(Cc3ccnc(N)c3)c3oc(CO)cc(=O)c3c2O)OC1(C)C)C1CCCC1. The van der Waals surface area contributed by atoms with Crippen molar-refractivity contribution in [2.75, 3.05) is 5.73 Å². The number of phenolic OH excluding ortho intramolecular Hbond substituents is 1. The van der Waals surface area contributed by atoms with Gasteiger partial charge in [-0.3, -0.25) is 4.79 Å². The number of esters is 1. The first kappa shape index (κ1) is 26.7. The lowest BCUT2D eigenvalue weighted by atomic mass is 9.86. The van der Waals surface area contributed by atoms with Crippen molar-refractivity contribution < 1.29 is 28.9 Å². The van der Waals surface area contributed by atoms with Gasteiger partial charge in [0.2, 0.25) is 0 Å². The standard InChI is InChI=1S/C30H34N2O7/c1-4-19(17-7-5-6-8-17)29(36)38-23-14-20-26(35)25-22(34)13-18(15-33)37-28(25)21(27(20)39-30(23,2)3)11-16-9-10-32-24(31)12-16/h4,9-10,12-13,17,23,33,35H,5-8,11,14-15H2,1-3H3,(H2,31,32)/b19-4-/t23-/m1/s1. The van der Waals surface area contributed by atoms with Crippen molar-refractivity contribution in [3.63, 3.8) is 0 Å². The maximum Gasteiger partial charge on any atom is 0.334 e. The molecule has 1 saturated carbocycles. The van der Waals surface area contributed by atoms with Gasteiger partial charge in [0, 0.05) is 41.8 Å². The summed E-state index contributed by atoms with van der Waals surface area (Å²) >= 11 is 0. The zero-order valence-electron chi connectivity index (χ0n) is 22.5. The molecule has 9 heteroatoms. The lowest BCUT2D eigenvalue weighted by Crippen LogP contribution is -2.49. The number of ether oxygens (including phenoxy) is 2. The zero-order valence-corrected chi connectivity index (χ0v) is 22.5. The number of carbonyl (C=O) groups is 1. The molecule has 0 radical (unpaired) electrons. The van der Waals surface area contributed by atoms with Crippen LogP contribution >= 0.6 is 0 Å². The van der Waals surface area contributed by atoms with Gasteiger partial charge in [-0.05, 0) is 57.2 Å². The lowest BCUT2D eigenvalue weighted by molar-refractivity contribution is -0.157. The Morgan fingerprint density at radius 3 is 2.69 bits per heavy atom. The van der Waals surface area contributed by atoms with Crippen LogP contribution in [0.25, 0.3) is 11.0 Å². The van der Waals surface area contributed by atoms with Crippen LogP contribution in [0.2, 0.25) is 0 Å². The molecule has 3 aromatic rings. The summed E-state index contributed by atoms with van der Waals surface area (Å²) in [6.45, 7) is 5.02. The van der Waals surface area contributed by atoms with Gasteiger partial charge < -0.3 is 29.8 Å². The fraction of sp³-hybridized carbons (Fsp3) is 0.433. The average molecular weight is 535 g/mol. The van der Waals surface area contributed by atoms with E-state index in [1.165, 1.54) is 0 Å². The second kappa shape index (κ2) is 10.4. The number of aromatic hydroxyl groups is 1. The highest BCUT2D eigenvalue weighted by Gasteiger charge is 2.44. The maximum atomic E-state index is 13.3. The molecule has 2 aliphatic rings. The smallest absolute Gasteiger partial charge is 0.334 e. The summed E-state index contributed by atoms with van der Waals surface area (Å²) in [7, 11) is 0. The lowest BCUT2D eigenvalue weighted by Gasteiger charge is -2.40. The number of anilines is 1. The third kappa shape index (κ3) is 4.98. The quantitative estimate of drug-likeness (QED) is 0.311. The maximum absolute atomic E-state index is 13.3.